The van der Waals surface area contributed by atoms with Gasteiger partial charge in [-0.05, 0) is 64.3 Å². The summed E-state index contributed by atoms with van der Waals surface area (Å²) in [7, 11) is 3.03. The zero-order chi connectivity index (χ0) is 41.5. The van der Waals surface area contributed by atoms with Gasteiger partial charge in [-0.3, -0.25) is 19.2 Å². The van der Waals surface area contributed by atoms with Crippen molar-refractivity contribution >= 4 is 23.7 Å². The van der Waals surface area contributed by atoms with Crippen LogP contribution < -0.4 is 30.7 Å². The molecule has 58 heavy (non-hydrogen) atoms. The first-order valence-corrected chi connectivity index (χ1v) is 19.3. The Morgan fingerprint density at radius 3 is 2.26 bits per heavy atom. The topological polar surface area (TPSA) is 205 Å². The summed E-state index contributed by atoms with van der Waals surface area (Å²) in [5.41, 5.74) is 0.986. The fraction of sp³-hybridized carbons (Fsp3) is 0.452. The largest absolute Gasteiger partial charge is 0.490 e. The summed E-state index contributed by atoms with van der Waals surface area (Å²) in [6, 6.07) is 18.2. The molecule has 5 rings (SSSR count). The van der Waals surface area contributed by atoms with E-state index in [9.17, 15) is 19.2 Å². The monoisotopic (exact) mass is 799 g/mol. The Morgan fingerprint density at radius 2 is 1.60 bits per heavy atom. The van der Waals surface area contributed by atoms with E-state index in [0.717, 1.165) is 24.0 Å². The van der Waals surface area contributed by atoms with E-state index in [0.29, 0.717) is 30.7 Å². The molecule has 0 bridgehead atoms. The van der Waals surface area contributed by atoms with Gasteiger partial charge in [0.25, 0.3) is 5.91 Å². The highest BCUT2D eigenvalue weighted by molar-refractivity contribution is 6.02. The molecule has 16 heteroatoms. The van der Waals surface area contributed by atoms with Crippen LogP contribution in [0.5, 0.6) is 11.6 Å². The van der Waals surface area contributed by atoms with Crippen molar-refractivity contribution in [1.82, 2.24) is 36.4 Å². The van der Waals surface area contributed by atoms with Gasteiger partial charge < -0.3 is 44.7 Å². The molecule has 0 aliphatic heterocycles. The minimum absolute atomic E-state index is 0.0602. The first-order chi connectivity index (χ1) is 27.9. The molecule has 1 fully saturated rings. The van der Waals surface area contributed by atoms with Crippen LogP contribution in [0.3, 0.4) is 0 Å². The van der Waals surface area contributed by atoms with Gasteiger partial charge in [-0.1, -0.05) is 65.8 Å². The van der Waals surface area contributed by atoms with Gasteiger partial charge in [-0.2, -0.15) is 4.98 Å². The van der Waals surface area contributed by atoms with Gasteiger partial charge in [0.15, 0.2) is 5.82 Å². The Labute approximate surface area is 338 Å². The molecule has 4 aromatic rings. The number of methoxy groups -OCH3 is 1. The number of amides is 3. The zero-order valence-corrected chi connectivity index (χ0v) is 33.6. The number of benzene rings is 2. The Balaban J connectivity index is 1.28. The molecule has 1 aliphatic rings. The van der Waals surface area contributed by atoms with Gasteiger partial charge in [-0.25, -0.2) is 4.98 Å². The minimum Gasteiger partial charge on any atom is -0.490 e. The average molecular weight is 800 g/mol. The second kappa shape index (κ2) is 21.0. The van der Waals surface area contributed by atoms with E-state index in [2.05, 4.69) is 36.4 Å². The van der Waals surface area contributed by atoms with Crippen LogP contribution in [0.2, 0.25) is 0 Å². The third-order valence-corrected chi connectivity index (χ3v) is 8.95. The van der Waals surface area contributed by atoms with Gasteiger partial charge in [0, 0.05) is 25.1 Å². The highest BCUT2D eigenvalue weighted by atomic mass is 16.6. The van der Waals surface area contributed by atoms with Crippen molar-refractivity contribution in [2.45, 2.75) is 89.1 Å². The number of hydrogen-bond acceptors (Lipinski definition) is 13. The lowest BCUT2D eigenvalue weighted by Gasteiger charge is -2.24. The lowest BCUT2D eigenvalue weighted by atomic mass is 10.1. The van der Waals surface area contributed by atoms with Crippen LogP contribution in [-0.2, 0) is 43.3 Å². The van der Waals surface area contributed by atoms with Crippen LogP contribution in [0.25, 0.3) is 0 Å². The predicted molar refractivity (Wildman–Crippen MR) is 212 cm³/mol. The molecule has 2 aromatic heterocycles. The fourth-order valence-corrected chi connectivity index (χ4v) is 5.89. The maximum Gasteiger partial charge on any atom is 0.308 e. The number of likely N-dealkylation sites (N-methyl/N-ethyl adjacent to an activating group) is 1. The van der Waals surface area contributed by atoms with Crippen LogP contribution in [0.4, 0.5) is 0 Å². The van der Waals surface area contributed by atoms with E-state index < -0.39 is 47.9 Å². The third-order valence-electron chi connectivity index (χ3n) is 8.95. The summed E-state index contributed by atoms with van der Waals surface area (Å²) in [5, 5.41) is 15.5. The Hall–Kier alpha value is -5.87. The van der Waals surface area contributed by atoms with Gasteiger partial charge in [0.05, 0.1) is 32.8 Å². The van der Waals surface area contributed by atoms with Crippen molar-refractivity contribution in [3.05, 3.63) is 101 Å². The lowest BCUT2D eigenvalue weighted by Crippen LogP contribution is -2.51. The lowest BCUT2D eigenvalue weighted by molar-refractivity contribution is -0.156. The van der Waals surface area contributed by atoms with Crippen LogP contribution >= 0.6 is 0 Å². The molecular weight excluding hydrogens is 747 g/mol. The SMILES string of the molecule is CNC(COCc1ccccc1)C(=O)NC(COc1ccnc(OC)c1C(=O)NC(CC(=O)OC(C)(C)C)C(=O)NCCc1nc(C2CC2)no1)Cc1ccccc1. The summed E-state index contributed by atoms with van der Waals surface area (Å²) in [5.74, 6) is -1.09. The molecule has 4 N–H and O–H groups in total. The highest BCUT2D eigenvalue weighted by Gasteiger charge is 2.32. The molecule has 0 radical (unpaired) electrons. The molecule has 3 amide bonds. The van der Waals surface area contributed by atoms with Gasteiger partial charge >= 0.3 is 5.97 Å². The molecule has 0 saturated heterocycles. The molecule has 310 valence electrons. The van der Waals surface area contributed by atoms with Crippen molar-refractivity contribution in [2.75, 3.05) is 33.9 Å². The van der Waals surface area contributed by atoms with Crippen LogP contribution in [0, 0.1) is 0 Å². The number of aromatic nitrogens is 3. The van der Waals surface area contributed by atoms with E-state index >= 15 is 0 Å². The van der Waals surface area contributed by atoms with Crippen LogP contribution in [-0.4, -0.2) is 96.5 Å². The van der Waals surface area contributed by atoms with Crippen molar-refractivity contribution in [3.63, 3.8) is 0 Å². The summed E-state index contributed by atoms with van der Waals surface area (Å²) < 4.78 is 28.3. The molecule has 2 aromatic carbocycles. The third kappa shape index (κ3) is 13.7. The second-order valence-corrected chi connectivity index (χ2v) is 14.9. The molecule has 0 spiro atoms. The van der Waals surface area contributed by atoms with E-state index in [1.807, 2.05) is 60.7 Å². The quantitative estimate of drug-likeness (QED) is 0.0843. The van der Waals surface area contributed by atoms with Crippen LogP contribution in [0.15, 0.2) is 77.4 Å². The standard InChI is InChI=1S/C42H53N7O9/c1-42(2,3)57-35(50)23-31(38(51)44-21-19-34-48-37(49-58-34)29-16-17-29)47-40(53)36-33(18-20-45-41(36)54-5)56-25-30(22-27-12-8-6-9-13-27)46-39(52)32(43-4)26-55-24-28-14-10-7-11-15-28/h6-15,18,20,29-32,43H,16-17,19,21-26H2,1-5H3,(H,44,51)(H,46,52)(H,47,53). The van der Waals surface area contributed by atoms with Crippen molar-refractivity contribution in [1.29, 1.82) is 0 Å². The number of hydrogen-bond donors (Lipinski definition) is 4. The smallest absolute Gasteiger partial charge is 0.308 e. The fourth-order valence-electron chi connectivity index (χ4n) is 5.89. The number of esters is 1. The number of pyridine rings is 1. The number of carbonyl (C=O) groups is 4. The minimum atomic E-state index is -1.35. The number of rotatable bonds is 22. The van der Waals surface area contributed by atoms with Crippen molar-refractivity contribution in [3.8, 4) is 11.6 Å². The highest BCUT2D eigenvalue weighted by Crippen LogP contribution is 2.38. The Bertz CT molecular complexity index is 1950. The summed E-state index contributed by atoms with van der Waals surface area (Å²) in [4.78, 5) is 62.7. The Morgan fingerprint density at radius 1 is 0.897 bits per heavy atom. The van der Waals surface area contributed by atoms with Crippen molar-refractivity contribution in [2.24, 2.45) is 0 Å². The second-order valence-electron chi connectivity index (χ2n) is 14.9. The normalized spacial score (nSPS) is 14.1. The average Bonchev–Trinajstić information content (AvgIpc) is 3.95. The molecular formula is C42H53N7O9. The molecule has 2 heterocycles. The Kier molecular flexibility index (Phi) is 15.7. The predicted octanol–water partition coefficient (Wildman–Crippen LogP) is 3.45. The van der Waals surface area contributed by atoms with Gasteiger partial charge in [0.1, 0.15) is 35.6 Å². The zero-order valence-electron chi connectivity index (χ0n) is 33.6. The molecule has 16 nitrogen and oxygen atoms in total. The maximum absolute atomic E-state index is 14.1. The van der Waals surface area contributed by atoms with E-state index in [1.54, 1.807) is 27.8 Å². The van der Waals surface area contributed by atoms with E-state index in [4.69, 9.17) is 23.5 Å². The first kappa shape index (κ1) is 43.3. The van der Waals surface area contributed by atoms with E-state index in [-0.39, 0.29) is 49.3 Å². The van der Waals surface area contributed by atoms with Crippen molar-refractivity contribution < 1.29 is 42.6 Å². The maximum atomic E-state index is 14.1. The molecule has 3 atom stereocenters. The van der Waals surface area contributed by atoms with Gasteiger partial charge in [-0.15, -0.1) is 0 Å². The summed E-state index contributed by atoms with van der Waals surface area (Å²) >= 11 is 0. The van der Waals surface area contributed by atoms with Gasteiger partial charge in [0.2, 0.25) is 23.6 Å². The number of nitrogens with one attached hydrogen (secondary N) is 4. The summed E-state index contributed by atoms with van der Waals surface area (Å²) in [6.07, 6.45) is 3.64. The number of carbonyl (C=O) groups excluding carboxylic acids is 4. The van der Waals surface area contributed by atoms with E-state index in [1.165, 1.54) is 19.4 Å². The first-order valence-electron chi connectivity index (χ1n) is 19.3. The van der Waals surface area contributed by atoms with Crippen LogP contribution in [0.1, 0.15) is 79.2 Å². The molecule has 1 saturated carbocycles. The number of ether oxygens (including phenoxy) is 4. The number of nitrogens with zero attached hydrogens (tertiary/aromatic N) is 3. The summed E-state index contributed by atoms with van der Waals surface area (Å²) in [6.45, 7) is 5.63. The molecule has 3 unspecified atom stereocenters. The molecule has 1 aliphatic carbocycles.